The smallest absolute Gasteiger partial charge is 0.263 e. The predicted molar refractivity (Wildman–Crippen MR) is 196 cm³/mol. The van der Waals surface area contributed by atoms with Crippen molar-refractivity contribution in [1.29, 1.82) is 0 Å². The summed E-state index contributed by atoms with van der Waals surface area (Å²) in [5.74, 6) is 7.34. The minimum atomic E-state index is -0.235. The van der Waals surface area contributed by atoms with Crippen molar-refractivity contribution in [2.75, 3.05) is 17.6 Å². The van der Waals surface area contributed by atoms with Crippen molar-refractivity contribution in [1.82, 2.24) is 34.3 Å². The highest BCUT2D eigenvalue weighted by atomic mass is 35.5. The number of aromatic nitrogens is 7. The number of phenols is 1. The monoisotopic (exact) mass is 681 g/mol. The number of fused-ring (bicyclic) bond motifs is 2. The third kappa shape index (κ3) is 6.83. The Labute approximate surface area is 292 Å². The number of hydrogen-bond donors (Lipinski definition) is 3. The van der Waals surface area contributed by atoms with Crippen LogP contribution in [0.4, 0.5) is 11.5 Å². The number of aromatic hydroxyl groups is 1. The molecule has 3 aromatic carbocycles. The Bertz CT molecular complexity index is 2430. The number of halogens is 1. The van der Waals surface area contributed by atoms with Crippen LogP contribution in [0.2, 0.25) is 5.02 Å². The van der Waals surface area contributed by atoms with E-state index >= 15 is 0 Å². The van der Waals surface area contributed by atoms with Gasteiger partial charge in [-0.1, -0.05) is 47.7 Å². The van der Waals surface area contributed by atoms with Gasteiger partial charge in [0, 0.05) is 47.2 Å². The van der Waals surface area contributed by atoms with E-state index in [1.165, 1.54) is 6.33 Å². The predicted octanol–water partition coefficient (Wildman–Crippen LogP) is 6.27. The number of phenolic OH excluding ortho intramolecular Hbond substituents is 1. The molecule has 0 amide bonds. The van der Waals surface area contributed by atoms with Gasteiger partial charge in [0.25, 0.3) is 5.56 Å². The molecule has 0 aliphatic heterocycles. The molecule has 0 aliphatic carbocycles. The van der Waals surface area contributed by atoms with Gasteiger partial charge in [-0.25, -0.2) is 19.6 Å². The van der Waals surface area contributed by atoms with Gasteiger partial charge in [0.15, 0.2) is 5.65 Å². The van der Waals surface area contributed by atoms with E-state index in [1.54, 1.807) is 52.0 Å². The van der Waals surface area contributed by atoms with Crippen LogP contribution < -0.4 is 16.6 Å². The summed E-state index contributed by atoms with van der Waals surface area (Å²) in [5.41, 5.74) is 10.8. The fourth-order valence-electron chi connectivity index (χ4n) is 5.79. The van der Waals surface area contributed by atoms with E-state index in [2.05, 4.69) is 32.1 Å². The van der Waals surface area contributed by atoms with E-state index in [4.69, 9.17) is 27.4 Å². The van der Waals surface area contributed by atoms with Crippen molar-refractivity contribution in [3.05, 3.63) is 130 Å². The van der Waals surface area contributed by atoms with Crippen LogP contribution in [0.15, 0.2) is 102 Å². The number of pyridine rings is 1. The Balaban J connectivity index is 1.24. The first-order valence-corrected chi connectivity index (χ1v) is 16.5. The fraction of sp³-hybridized carbons (Fsp3) is 0.158. The first-order valence-electron chi connectivity index (χ1n) is 16.1. The van der Waals surface area contributed by atoms with Crippen LogP contribution in [0, 0.1) is 11.8 Å². The van der Waals surface area contributed by atoms with E-state index in [1.807, 2.05) is 48.5 Å². The molecule has 248 valence electrons. The normalized spacial score (nSPS) is 11.1. The van der Waals surface area contributed by atoms with E-state index in [9.17, 15) is 9.90 Å². The van der Waals surface area contributed by atoms with Crippen LogP contribution >= 0.6 is 11.6 Å². The molecular weight excluding hydrogens is 650 g/mol. The first-order chi connectivity index (χ1) is 24.5. The molecule has 0 atom stereocenters. The van der Waals surface area contributed by atoms with Gasteiger partial charge < -0.3 is 16.2 Å². The highest BCUT2D eigenvalue weighted by Crippen LogP contribution is 2.31. The number of nitrogen functional groups attached to an aromatic ring is 1. The molecular formula is C38H32ClN9O2. The summed E-state index contributed by atoms with van der Waals surface area (Å²) >= 11 is 6.59. The summed E-state index contributed by atoms with van der Waals surface area (Å²) < 4.78 is 3.29. The highest BCUT2D eigenvalue weighted by molar-refractivity contribution is 6.31. The summed E-state index contributed by atoms with van der Waals surface area (Å²) in [7, 11) is 0. The van der Waals surface area contributed by atoms with Crippen LogP contribution in [0.1, 0.15) is 36.2 Å². The molecule has 0 saturated carbocycles. The average molecular weight is 682 g/mol. The lowest BCUT2D eigenvalue weighted by Gasteiger charge is -2.15. The van der Waals surface area contributed by atoms with Gasteiger partial charge in [-0.15, -0.1) is 0 Å². The van der Waals surface area contributed by atoms with Crippen molar-refractivity contribution in [3.8, 4) is 28.8 Å². The maximum absolute atomic E-state index is 14.5. The maximum Gasteiger partial charge on any atom is 0.263 e. The Morgan fingerprint density at radius 2 is 1.72 bits per heavy atom. The minimum Gasteiger partial charge on any atom is -0.508 e. The Hall–Kier alpha value is -6.25. The lowest BCUT2D eigenvalue weighted by Crippen LogP contribution is -2.28. The number of nitrogens with one attached hydrogen (secondary N) is 1. The molecule has 0 radical (unpaired) electrons. The van der Waals surface area contributed by atoms with Gasteiger partial charge in [0.2, 0.25) is 0 Å². The molecule has 4 N–H and O–H groups in total. The molecule has 4 heterocycles. The zero-order valence-corrected chi connectivity index (χ0v) is 27.7. The van der Waals surface area contributed by atoms with E-state index in [-0.39, 0.29) is 30.2 Å². The molecule has 0 bridgehead atoms. The molecule has 0 spiro atoms. The summed E-state index contributed by atoms with van der Waals surface area (Å²) in [6, 6.07) is 23.5. The van der Waals surface area contributed by atoms with Gasteiger partial charge >= 0.3 is 0 Å². The molecule has 12 heteroatoms. The van der Waals surface area contributed by atoms with Crippen molar-refractivity contribution >= 4 is 45.0 Å². The maximum atomic E-state index is 14.5. The highest BCUT2D eigenvalue weighted by Gasteiger charge is 2.21. The number of nitrogens with zero attached hydrogens (tertiary/aromatic N) is 7. The van der Waals surface area contributed by atoms with Crippen LogP contribution in [0.25, 0.3) is 33.2 Å². The molecule has 7 rings (SSSR count). The van der Waals surface area contributed by atoms with Crippen LogP contribution in [-0.2, 0) is 13.1 Å². The number of anilines is 2. The van der Waals surface area contributed by atoms with E-state index in [0.29, 0.717) is 50.5 Å². The second-order valence-corrected chi connectivity index (χ2v) is 12.0. The second-order valence-electron chi connectivity index (χ2n) is 11.6. The second kappa shape index (κ2) is 14.5. The Kier molecular flexibility index (Phi) is 9.35. The Morgan fingerprint density at radius 3 is 2.54 bits per heavy atom. The van der Waals surface area contributed by atoms with Gasteiger partial charge in [-0.3, -0.25) is 14.3 Å². The van der Waals surface area contributed by atoms with E-state index < -0.39 is 0 Å². The third-order valence-electron chi connectivity index (χ3n) is 8.30. The van der Waals surface area contributed by atoms with Crippen LogP contribution in [-0.4, -0.2) is 45.9 Å². The fourth-order valence-corrected chi connectivity index (χ4v) is 5.98. The zero-order valence-electron chi connectivity index (χ0n) is 26.9. The molecule has 11 nitrogen and oxygen atoms in total. The zero-order chi connectivity index (χ0) is 34.5. The van der Waals surface area contributed by atoms with E-state index in [0.717, 1.165) is 36.2 Å². The number of rotatable bonds is 10. The topological polar surface area (TPSA) is 150 Å². The van der Waals surface area contributed by atoms with Crippen molar-refractivity contribution < 1.29 is 5.11 Å². The summed E-state index contributed by atoms with van der Waals surface area (Å²) in [5, 5.41) is 19.7. The van der Waals surface area contributed by atoms with Crippen molar-refractivity contribution in [2.45, 2.75) is 32.4 Å². The largest absolute Gasteiger partial charge is 0.508 e. The van der Waals surface area contributed by atoms with Crippen LogP contribution in [0.3, 0.4) is 0 Å². The SMILES string of the molecule is Nc1ncnc2c1c(-c1ccc(O)cc1)nn2Cc1nc2cccc(C#CCCCCNc3ccncc3)c2c(=O)n1Cc1ccccc1Cl. The standard InChI is InChI=1S/C38H32ClN9O2/c39-30-11-5-4-9-27(30)22-47-32(23-48-37-34(36(40)43-24-44-37)35(46-48)26-13-15-29(49)16-14-26)45-31-12-7-10-25(33(31)38(47)50)8-3-1-2-6-19-42-28-17-20-41-21-18-28/h4-5,7,9-18,20-21,24,49H,1-2,6,19,22-23H2,(H,41,42)(H2,40,43,44). The quantitative estimate of drug-likeness (QED) is 0.112. The van der Waals surface area contributed by atoms with Crippen LogP contribution in [0.5, 0.6) is 5.75 Å². The summed E-state index contributed by atoms with van der Waals surface area (Å²) in [6.45, 7) is 1.12. The molecule has 0 saturated heterocycles. The average Bonchev–Trinajstić information content (AvgIpc) is 3.50. The molecule has 7 aromatic rings. The third-order valence-corrected chi connectivity index (χ3v) is 8.67. The minimum absolute atomic E-state index is 0.101. The van der Waals surface area contributed by atoms with Gasteiger partial charge in [-0.2, -0.15) is 5.10 Å². The van der Waals surface area contributed by atoms with Gasteiger partial charge in [0.05, 0.1) is 22.8 Å². The summed E-state index contributed by atoms with van der Waals surface area (Å²) in [6.07, 6.45) is 7.45. The Morgan fingerprint density at radius 1 is 0.900 bits per heavy atom. The molecule has 4 aromatic heterocycles. The number of hydrogen-bond acceptors (Lipinski definition) is 9. The number of nitrogens with two attached hydrogens (primary N) is 1. The van der Waals surface area contributed by atoms with Gasteiger partial charge in [-0.05, 0) is 73.0 Å². The molecule has 0 aliphatic rings. The molecule has 0 fully saturated rings. The lowest BCUT2D eigenvalue weighted by molar-refractivity contribution is 0.475. The summed E-state index contributed by atoms with van der Waals surface area (Å²) in [4.78, 5) is 32.2. The number of unbranched alkanes of at least 4 members (excludes halogenated alkanes) is 2. The lowest BCUT2D eigenvalue weighted by atomic mass is 10.1. The van der Waals surface area contributed by atoms with Crippen molar-refractivity contribution in [3.63, 3.8) is 0 Å². The molecule has 50 heavy (non-hydrogen) atoms. The first kappa shape index (κ1) is 32.3. The van der Waals surface area contributed by atoms with Crippen molar-refractivity contribution in [2.24, 2.45) is 0 Å². The molecule has 0 unspecified atom stereocenters. The van der Waals surface area contributed by atoms with Gasteiger partial charge in [0.1, 0.15) is 36.0 Å². The number of benzene rings is 3.